The Morgan fingerprint density at radius 1 is 1.15 bits per heavy atom. The standard InChI is InChI=1S/C23H16ClFN2O5S/c1-31-22-20(24)9-16-10-21(22)33(29,30)27-18-7-13(12-26)6-15(8-18)19-11-17(25)3-2-14(19)4-5-32-23(16)28/h2-3,6-11,27H,4-5H2,1H3. The molecule has 0 spiro atoms. The third-order valence-electron chi connectivity index (χ3n) is 5.04. The molecule has 1 heterocycles. The molecule has 0 unspecified atom stereocenters. The van der Waals surface area contributed by atoms with Crippen LogP contribution in [0.2, 0.25) is 5.02 Å². The normalized spacial score (nSPS) is 14.7. The Hall–Kier alpha value is -3.61. The molecule has 10 heteroatoms. The van der Waals surface area contributed by atoms with Crippen LogP contribution < -0.4 is 9.46 Å². The number of ether oxygens (including phenoxy) is 2. The number of sulfonamides is 1. The van der Waals surface area contributed by atoms with Crippen molar-refractivity contribution in [2.45, 2.75) is 11.3 Å². The zero-order chi connectivity index (χ0) is 23.8. The van der Waals surface area contributed by atoms with E-state index in [1.807, 2.05) is 6.07 Å². The first kappa shape index (κ1) is 22.6. The molecule has 33 heavy (non-hydrogen) atoms. The maximum Gasteiger partial charge on any atom is 0.338 e. The summed E-state index contributed by atoms with van der Waals surface area (Å²) in [4.78, 5) is 12.2. The molecule has 0 aliphatic carbocycles. The van der Waals surface area contributed by atoms with Gasteiger partial charge in [-0.3, -0.25) is 4.72 Å². The minimum Gasteiger partial charge on any atom is -0.494 e. The highest BCUT2D eigenvalue weighted by atomic mass is 35.5. The number of hydrogen-bond acceptors (Lipinski definition) is 6. The Bertz CT molecular complexity index is 1430. The Kier molecular flexibility index (Phi) is 5.97. The summed E-state index contributed by atoms with van der Waals surface area (Å²) in [6.45, 7) is -0.0494. The van der Waals surface area contributed by atoms with Crippen LogP contribution in [-0.2, 0) is 21.2 Å². The number of carbonyl (C=O) groups is 1. The number of esters is 1. The van der Waals surface area contributed by atoms with Gasteiger partial charge >= 0.3 is 5.97 Å². The van der Waals surface area contributed by atoms with Crippen molar-refractivity contribution in [2.75, 3.05) is 18.4 Å². The van der Waals surface area contributed by atoms with Crippen molar-refractivity contribution in [3.8, 4) is 22.9 Å². The second-order valence-corrected chi connectivity index (χ2v) is 9.25. The van der Waals surface area contributed by atoms with E-state index in [9.17, 15) is 22.9 Å². The molecule has 4 rings (SSSR count). The van der Waals surface area contributed by atoms with E-state index in [0.717, 1.165) is 6.07 Å². The summed E-state index contributed by atoms with van der Waals surface area (Å²) >= 11 is 6.18. The van der Waals surface area contributed by atoms with Gasteiger partial charge in [-0.05, 0) is 59.2 Å². The van der Waals surface area contributed by atoms with Gasteiger partial charge in [0.15, 0.2) is 5.75 Å². The zero-order valence-corrected chi connectivity index (χ0v) is 18.8. The lowest BCUT2D eigenvalue weighted by Gasteiger charge is -2.17. The molecule has 0 saturated heterocycles. The van der Waals surface area contributed by atoms with Gasteiger partial charge in [-0.1, -0.05) is 17.7 Å². The highest BCUT2D eigenvalue weighted by molar-refractivity contribution is 7.92. The summed E-state index contributed by atoms with van der Waals surface area (Å²) < 4.78 is 53.4. The summed E-state index contributed by atoms with van der Waals surface area (Å²) in [7, 11) is -3.07. The number of halogens is 2. The third kappa shape index (κ3) is 4.49. The largest absolute Gasteiger partial charge is 0.494 e. The van der Waals surface area contributed by atoms with Crippen LogP contribution in [0, 0.1) is 17.1 Å². The molecule has 0 atom stereocenters. The second-order valence-electron chi connectivity index (χ2n) is 7.19. The average molecular weight is 487 g/mol. The maximum atomic E-state index is 14.1. The lowest BCUT2D eigenvalue weighted by molar-refractivity contribution is 0.0509. The van der Waals surface area contributed by atoms with E-state index < -0.39 is 21.8 Å². The molecule has 1 N–H and O–H groups in total. The van der Waals surface area contributed by atoms with Crippen molar-refractivity contribution in [1.82, 2.24) is 0 Å². The first-order chi connectivity index (χ1) is 15.7. The number of hydrogen-bond donors (Lipinski definition) is 1. The molecule has 7 nitrogen and oxygen atoms in total. The number of methoxy groups -OCH3 is 1. The maximum absolute atomic E-state index is 14.1. The molecule has 0 amide bonds. The second kappa shape index (κ2) is 8.73. The summed E-state index contributed by atoms with van der Waals surface area (Å²) in [5.74, 6) is -1.44. The molecule has 0 aromatic heterocycles. The summed E-state index contributed by atoms with van der Waals surface area (Å²) in [5, 5.41) is 9.38. The van der Waals surface area contributed by atoms with Crippen molar-refractivity contribution >= 4 is 33.3 Å². The van der Waals surface area contributed by atoms with Crippen LogP contribution in [0.5, 0.6) is 5.75 Å². The predicted molar refractivity (Wildman–Crippen MR) is 119 cm³/mol. The molecule has 0 fully saturated rings. The number of nitrogens with one attached hydrogen (secondary N) is 1. The van der Waals surface area contributed by atoms with Crippen molar-refractivity contribution in [2.24, 2.45) is 0 Å². The highest BCUT2D eigenvalue weighted by Gasteiger charge is 2.26. The molecule has 3 aromatic carbocycles. The number of nitriles is 1. The molecular weight excluding hydrogens is 471 g/mol. The number of rotatable bonds is 1. The van der Waals surface area contributed by atoms with Crippen LogP contribution >= 0.6 is 11.6 Å². The van der Waals surface area contributed by atoms with Gasteiger partial charge < -0.3 is 9.47 Å². The van der Waals surface area contributed by atoms with Crippen LogP contribution in [-0.4, -0.2) is 28.1 Å². The Morgan fingerprint density at radius 3 is 2.67 bits per heavy atom. The summed E-state index contributed by atoms with van der Waals surface area (Å²) in [6.07, 6.45) is 0.260. The van der Waals surface area contributed by atoms with Gasteiger partial charge in [0.05, 0.1) is 41.6 Å². The molecule has 0 radical (unpaired) electrons. The first-order valence-electron chi connectivity index (χ1n) is 9.63. The quantitative estimate of drug-likeness (QED) is 0.506. The first-order valence-corrected chi connectivity index (χ1v) is 11.5. The van der Waals surface area contributed by atoms with Crippen molar-refractivity contribution in [1.29, 1.82) is 5.26 Å². The lowest BCUT2D eigenvalue weighted by Crippen LogP contribution is -2.17. The summed E-state index contributed by atoms with van der Waals surface area (Å²) in [6, 6.07) is 12.8. The van der Waals surface area contributed by atoms with E-state index in [4.69, 9.17) is 21.1 Å². The smallest absolute Gasteiger partial charge is 0.338 e. The predicted octanol–water partition coefficient (Wildman–Crippen LogP) is 4.54. The van der Waals surface area contributed by atoms with Gasteiger partial charge in [-0.2, -0.15) is 5.26 Å². The summed E-state index contributed by atoms with van der Waals surface area (Å²) in [5.41, 5.74) is 1.67. The minimum atomic E-state index is -4.32. The van der Waals surface area contributed by atoms with E-state index in [-0.39, 0.29) is 45.5 Å². The van der Waals surface area contributed by atoms with Crippen LogP contribution in [0.4, 0.5) is 10.1 Å². The number of benzene rings is 3. The van der Waals surface area contributed by atoms with E-state index in [1.165, 1.54) is 43.5 Å². The van der Waals surface area contributed by atoms with Crippen LogP contribution in [0.25, 0.3) is 11.1 Å². The number of anilines is 1. The monoisotopic (exact) mass is 486 g/mol. The SMILES string of the molecule is COc1c(Cl)cc2cc1S(=O)(=O)Nc1cc(C#N)cc(c1)-c1cc(F)ccc1CCOC2=O. The van der Waals surface area contributed by atoms with E-state index in [0.29, 0.717) is 16.7 Å². The molecule has 1 aliphatic heterocycles. The Morgan fingerprint density at radius 2 is 1.94 bits per heavy atom. The van der Waals surface area contributed by atoms with E-state index in [1.54, 1.807) is 6.07 Å². The Labute approximate surface area is 194 Å². The molecule has 4 bridgehead atoms. The van der Waals surface area contributed by atoms with Crippen molar-refractivity contribution in [3.05, 3.63) is 76.1 Å². The number of nitrogens with zero attached hydrogens (tertiary/aromatic N) is 1. The minimum absolute atomic E-state index is 0.0494. The average Bonchev–Trinajstić information content (AvgIpc) is 2.78. The topological polar surface area (TPSA) is 105 Å². The van der Waals surface area contributed by atoms with Gasteiger partial charge in [-0.15, -0.1) is 0 Å². The fourth-order valence-electron chi connectivity index (χ4n) is 3.57. The molecule has 0 saturated carbocycles. The highest BCUT2D eigenvalue weighted by Crippen LogP contribution is 2.36. The molecule has 1 aliphatic rings. The van der Waals surface area contributed by atoms with Crippen molar-refractivity contribution in [3.63, 3.8) is 0 Å². The van der Waals surface area contributed by atoms with Gasteiger partial charge in [0.2, 0.25) is 0 Å². The van der Waals surface area contributed by atoms with Gasteiger partial charge in [0.25, 0.3) is 10.0 Å². The van der Waals surface area contributed by atoms with E-state index >= 15 is 0 Å². The van der Waals surface area contributed by atoms with Gasteiger partial charge in [0.1, 0.15) is 10.7 Å². The zero-order valence-electron chi connectivity index (χ0n) is 17.2. The van der Waals surface area contributed by atoms with Gasteiger partial charge in [0, 0.05) is 6.42 Å². The molecule has 168 valence electrons. The lowest BCUT2D eigenvalue weighted by atomic mass is 9.96. The molecule has 3 aromatic rings. The fraction of sp³-hybridized carbons (Fsp3) is 0.130. The third-order valence-corrected chi connectivity index (χ3v) is 6.71. The number of fused-ring (bicyclic) bond motifs is 6. The van der Waals surface area contributed by atoms with Crippen molar-refractivity contribution < 1.29 is 27.1 Å². The van der Waals surface area contributed by atoms with Crippen LogP contribution in [0.15, 0.2) is 53.4 Å². The molecular formula is C23H16ClFN2O5S. The number of cyclic esters (lactones) is 1. The Balaban J connectivity index is 1.97. The number of carbonyl (C=O) groups excluding carboxylic acids is 1. The van der Waals surface area contributed by atoms with Crippen LogP contribution in [0.3, 0.4) is 0 Å². The van der Waals surface area contributed by atoms with E-state index in [2.05, 4.69) is 4.72 Å². The van der Waals surface area contributed by atoms with Crippen LogP contribution in [0.1, 0.15) is 21.5 Å². The van der Waals surface area contributed by atoms with Gasteiger partial charge in [-0.25, -0.2) is 17.6 Å². The fourth-order valence-corrected chi connectivity index (χ4v) is 5.18.